The lowest BCUT2D eigenvalue weighted by Gasteiger charge is -2.01. The molecule has 2 aromatic rings. The summed E-state index contributed by atoms with van der Waals surface area (Å²) in [7, 11) is 0. The maximum atomic E-state index is 11.3. The van der Waals surface area contributed by atoms with Gasteiger partial charge in [-0.25, -0.2) is 9.78 Å². The van der Waals surface area contributed by atoms with E-state index in [4.69, 9.17) is 16.0 Å². The predicted molar refractivity (Wildman–Crippen MR) is 58.0 cm³/mol. The zero-order valence-corrected chi connectivity index (χ0v) is 8.78. The van der Waals surface area contributed by atoms with Crippen LogP contribution in [-0.2, 0) is 0 Å². The van der Waals surface area contributed by atoms with Gasteiger partial charge in [-0.1, -0.05) is 41.9 Å². The fourth-order valence-electron chi connectivity index (χ4n) is 1.22. The smallest absolute Gasteiger partial charge is 0.357 e. The van der Waals surface area contributed by atoms with Crippen LogP contribution in [0.3, 0.4) is 0 Å². The number of aryl methyl sites for hydroxylation is 1. The first-order valence-corrected chi connectivity index (χ1v) is 4.79. The second-order valence-corrected chi connectivity index (χ2v) is 3.43. The van der Waals surface area contributed by atoms with Crippen LogP contribution in [0.1, 0.15) is 5.69 Å². The summed E-state index contributed by atoms with van der Waals surface area (Å²) < 4.78 is 5.07. The lowest BCUT2D eigenvalue weighted by molar-refractivity contribution is 0.511. The summed E-state index contributed by atoms with van der Waals surface area (Å²) in [6.07, 6.45) is 0. The molecule has 0 N–H and O–H groups in total. The SMILES string of the molecule is Cc1nc(Cl)c(-c2ccccc2)oc1=O. The molecule has 0 aliphatic heterocycles. The van der Waals surface area contributed by atoms with Crippen LogP contribution in [0.4, 0.5) is 0 Å². The molecule has 1 aromatic carbocycles. The molecule has 76 valence electrons. The molecule has 0 spiro atoms. The normalized spacial score (nSPS) is 10.3. The average Bonchev–Trinajstić information content (AvgIpc) is 2.25. The number of hydrogen-bond acceptors (Lipinski definition) is 3. The predicted octanol–water partition coefficient (Wildman–Crippen LogP) is 2.66. The van der Waals surface area contributed by atoms with E-state index in [0.29, 0.717) is 5.76 Å². The van der Waals surface area contributed by atoms with Crippen LogP contribution >= 0.6 is 11.6 Å². The van der Waals surface area contributed by atoms with Crippen LogP contribution in [0.5, 0.6) is 0 Å². The Hall–Kier alpha value is -1.61. The number of nitrogens with zero attached hydrogens (tertiary/aromatic N) is 1. The van der Waals surface area contributed by atoms with E-state index >= 15 is 0 Å². The van der Waals surface area contributed by atoms with Crippen molar-refractivity contribution in [3.05, 3.63) is 51.6 Å². The summed E-state index contributed by atoms with van der Waals surface area (Å²) in [4.78, 5) is 15.2. The first-order chi connectivity index (χ1) is 7.18. The molecule has 0 aliphatic rings. The van der Waals surface area contributed by atoms with E-state index in [0.717, 1.165) is 5.56 Å². The summed E-state index contributed by atoms with van der Waals surface area (Å²) in [5.41, 5.74) is 0.546. The maximum absolute atomic E-state index is 11.3. The number of rotatable bonds is 1. The zero-order valence-electron chi connectivity index (χ0n) is 8.03. The molecule has 0 fully saturated rings. The molecular weight excluding hydrogens is 214 g/mol. The van der Waals surface area contributed by atoms with Gasteiger partial charge in [-0.05, 0) is 6.92 Å². The van der Waals surface area contributed by atoms with Crippen molar-refractivity contribution in [2.45, 2.75) is 6.92 Å². The molecule has 0 unspecified atom stereocenters. The van der Waals surface area contributed by atoms with E-state index in [2.05, 4.69) is 4.98 Å². The molecule has 0 radical (unpaired) electrons. The lowest BCUT2D eigenvalue weighted by Crippen LogP contribution is -2.06. The quantitative estimate of drug-likeness (QED) is 0.744. The average molecular weight is 222 g/mol. The van der Waals surface area contributed by atoms with E-state index in [-0.39, 0.29) is 10.8 Å². The molecule has 0 aliphatic carbocycles. The fourth-order valence-corrected chi connectivity index (χ4v) is 1.49. The number of aromatic nitrogens is 1. The Kier molecular flexibility index (Phi) is 2.56. The Balaban J connectivity index is 2.64. The van der Waals surface area contributed by atoms with Gasteiger partial charge in [-0.2, -0.15) is 0 Å². The Morgan fingerprint density at radius 1 is 1.27 bits per heavy atom. The van der Waals surface area contributed by atoms with Gasteiger partial charge in [0.2, 0.25) is 0 Å². The Bertz CT molecular complexity index is 534. The second kappa shape index (κ2) is 3.87. The molecule has 2 rings (SSSR count). The minimum Gasteiger partial charge on any atom is -0.418 e. The van der Waals surface area contributed by atoms with Gasteiger partial charge >= 0.3 is 5.63 Å². The van der Waals surface area contributed by atoms with Crippen molar-refractivity contribution in [1.82, 2.24) is 4.98 Å². The Morgan fingerprint density at radius 2 is 1.93 bits per heavy atom. The molecule has 0 bridgehead atoms. The summed E-state index contributed by atoms with van der Waals surface area (Å²) in [5.74, 6) is 0.313. The Morgan fingerprint density at radius 3 is 2.60 bits per heavy atom. The van der Waals surface area contributed by atoms with Crippen LogP contribution in [0.25, 0.3) is 11.3 Å². The van der Waals surface area contributed by atoms with Gasteiger partial charge in [0.15, 0.2) is 10.9 Å². The highest BCUT2D eigenvalue weighted by molar-refractivity contribution is 6.31. The summed E-state index contributed by atoms with van der Waals surface area (Å²) >= 11 is 5.89. The first-order valence-electron chi connectivity index (χ1n) is 4.41. The third-order valence-corrected chi connectivity index (χ3v) is 2.24. The molecule has 0 amide bonds. The minimum atomic E-state index is -0.460. The highest BCUT2D eigenvalue weighted by Gasteiger charge is 2.10. The molecule has 15 heavy (non-hydrogen) atoms. The summed E-state index contributed by atoms with van der Waals surface area (Å²) in [6.45, 7) is 1.56. The van der Waals surface area contributed by atoms with Gasteiger partial charge in [-0.15, -0.1) is 0 Å². The van der Waals surface area contributed by atoms with E-state index < -0.39 is 5.63 Å². The molecule has 1 aromatic heterocycles. The Labute approximate surface area is 91.3 Å². The highest BCUT2D eigenvalue weighted by Crippen LogP contribution is 2.24. The third-order valence-electron chi connectivity index (χ3n) is 1.98. The van der Waals surface area contributed by atoms with Crippen LogP contribution in [-0.4, -0.2) is 4.98 Å². The molecule has 0 atom stereocenters. The summed E-state index contributed by atoms with van der Waals surface area (Å²) in [6, 6.07) is 9.16. The first kappa shape index (κ1) is 9.93. The molecule has 1 heterocycles. The standard InChI is InChI=1S/C11H8ClNO2/c1-7-11(14)15-9(10(12)13-7)8-5-3-2-4-6-8/h2-6H,1H3. The van der Waals surface area contributed by atoms with Crippen molar-refractivity contribution in [2.24, 2.45) is 0 Å². The van der Waals surface area contributed by atoms with E-state index in [9.17, 15) is 4.79 Å². The molecule has 3 nitrogen and oxygen atoms in total. The fraction of sp³-hybridized carbons (Fsp3) is 0.0909. The van der Waals surface area contributed by atoms with Gasteiger partial charge in [0.05, 0.1) is 0 Å². The largest absolute Gasteiger partial charge is 0.418 e. The van der Waals surface area contributed by atoms with Gasteiger partial charge in [0.25, 0.3) is 0 Å². The number of hydrogen-bond donors (Lipinski definition) is 0. The van der Waals surface area contributed by atoms with Crippen LogP contribution in [0.2, 0.25) is 5.15 Å². The second-order valence-electron chi connectivity index (χ2n) is 3.07. The van der Waals surface area contributed by atoms with Crippen molar-refractivity contribution in [3.63, 3.8) is 0 Å². The maximum Gasteiger partial charge on any atom is 0.357 e. The minimum absolute atomic E-state index is 0.207. The van der Waals surface area contributed by atoms with Crippen LogP contribution < -0.4 is 5.63 Å². The number of benzene rings is 1. The van der Waals surface area contributed by atoms with E-state index in [1.807, 2.05) is 18.2 Å². The van der Waals surface area contributed by atoms with Crippen LogP contribution in [0.15, 0.2) is 39.5 Å². The highest BCUT2D eigenvalue weighted by atomic mass is 35.5. The van der Waals surface area contributed by atoms with E-state index in [1.165, 1.54) is 0 Å². The van der Waals surface area contributed by atoms with Crippen LogP contribution in [0, 0.1) is 6.92 Å². The van der Waals surface area contributed by atoms with E-state index in [1.54, 1.807) is 19.1 Å². The lowest BCUT2D eigenvalue weighted by atomic mass is 10.2. The monoisotopic (exact) mass is 221 g/mol. The van der Waals surface area contributed by atoms with Gasteiger partial charge < -0.3 is 4.42 Å². The van der Waals surface area contributed by atoms with Gasteiger partial charge in [0.1, 0.15) is 5.69 Å². The number of halogens is 1. The van der Waals surface area contributed by atoms with Gasteiger partial charge in [-0.3, -0.25) is 0 Å². The van der Waals surface area contributed by atoms with Crippen molar-refractivity contribution in [3.8, 4) is 11.3 Å². The third kappa shape index (κ3) is 1.92. The van der Waals surface area contributed by atoms with Crippen molar-refractivity contribution >= 4 is 11.6 Å². The molecule has 0 saturated heterocycles. The summed E-state index contributed by atoms with van der Waals surface area (Å²) in [5, 5.41) is 0.207. The topological polar surface area (TPSA) is 43.1 Å². The van der Waals surface area contributed by atoms with Crippen molar-refractivity contribution in [1.29, 1.82) is 0 Å². The van der Waals surface area contributed by atoms with Gasteiger partial charge in [0, 0.05) is 5.56 Å². The molecule has 0 saturated carbocycles. The van der Waals surface area contributed by atoms with Crippen molar-refractivity contribution < 1.29 is 4.42 Å². The van der Waals surface area contributed by atoms with Crippen molar-refractivity contribution in [2.75, 3.05) is 0 Å². The molecular formula is C11H8ClNO2. The zero-order chi connectivity index (χ0) is 10.8. The molecule has 4 heteroatoms.